The second kappa shape index (κ2) is 3.77. The molecular weight excluding hydrogens is 230 g/mol. The number of amides is 2. The third-order valence-corrected chi connectivity index (χ3v) is 2.77. The van der Waals surface area contributed by atoms with E-state index >= 15 is 0 Å². The van der Waals surface area contributed by atoms with E-state index in [-0.39, 0.29) is 12.5 Å². The van der Waals surface area contributed by atoms with Crippen molar-refractivity contribution in [3.8, 4) is 0 Å². The smallest absolute Gasteiger partial charge is 0.249 e. The fraction of sp³-hybridized carbons (Fsp3) is 0.200. The van der Waals surface area contributed by atoms with Crippen molar-refractivity contribution in [2.75, 3.05) is 11.4 Å². The third-order valence-electron chi connectivity index (χ3n) is 2.47. The molecule has 1 heterocycles. The van der Waals surface area contributed by atoms with Crippen molar-refractivity contribution in [1.82, 2.24) is 0 Å². The van der Waals surface area contributed by atoms with Gasteiger partial charge in [-0.1, -0.05) is 23.7 Å². The van der Waals surface area contributed by atoms with Crippen LogP contribution in [-0.4, -0.2) is 18.4 Å². The average Bonchev–Trinajstić information content (AvgIpc) is 2.45. The zero-order valence-electron chi connectivity index (χ0n) is 8.31. The summed E-state index contributed by atoms with van der Waals surface area (Å²) in [5.41, 5.74) is 11.9. The fourth-order valence-corrected chi connectivity index (χ4v) is 2.08. The van der Waals surface area contributed by atoms with Crippen molar-refractivity contribution in [1.29, 1.82) is 0 Å². The lowest BCUT2D eigenvalue weighted by molar-refractivity contribution is -0.122. The van der Waals surface area contributed by atoms with Crippen LogP contribution in [0, 0.1) is 0 Å². The Balaban J connectivity index is 2.51. The van der Waals surface area contributed by atoms with Gasteiger partial charge >= 0.3 is 0 Å². The first kappa shape index (κ1) is 10.9. The molecule has 0 saturated heterocycles. The molecule has 1 atom stereocenters. The number of primary amides is 1. The third kappa shape index (κ3) is 1.54. The molecule has 0 aliphatic carbocycles. The molecule has 0 aromatic heterocycles. The highest BCUT2D eigenvalue weighted by Gasteiger charge is 2.36. The molecule has 1 aliphatic heterocycles. The molecule has 1 aromatic carbocycles. The normalized spacial score (nSPS) is 18.8. The van der Waals surface area contributed by atoms with E-state index in [1.807, 2.05) is 0 Å². The first-order valence-electron chi connectivity index (χ1n) is 4.66. The minimum atomic E-state index is -0.770. The second-order valence-electron chi connectivity index (χ2n) is 3.55. The number of hydrogen-bond donors (Lipinski definition) is 2. The van der Waals surface area contributed by atoms with Crippen LogP contribution in [0.15, 0.2) is 18.2 Å². The molecule has 84 valence electrons. The molecule has 1 unspecified atom stereocenters. The van der Waals surface area contributed by atoms with Crippen molar-refractivity contribution >= 4 is 29.1 Å². The average molecular weight is 240 g/mol. The molecule has 16 heavy (non-hydrogen) atoms. The van der Waals surface area contributed by atoms with Crippen LogP contribution in [0.1, 0.15) is 11.6 Å². The molecule has 0 spiro atoms. The number of anilines is 1. The minimum Gasteiger partial charge on any atom is -0.368 e. The maximum atomic E-state index is 11.8. The summed E-state index contributed by atoms with van der Waals surface area (Å²) in [6.07, 6.45) is 0. The number of fused-ring (bicyclic) bond motifs is 1. The van der Waals surface area contributed by atoms with Crippen LogP contribution in [0.25, 0.3) is 0 Å². The number of carbonyl (C=O) groups excluding carboxylic acids is 2. The number of nitrogens with zero attached hydrogens (tertiary/aromatic N) is 1. The molecule has 0 saturated carbocycles. The van der Waals surface area contributed by atoms with Crippen LogP contribution in [-0.2, 0) is 9.59 Å². The van der Waals surface area contributed by atoms with Gasteiger partial charge in [-0.25, -0.2) is 0 Å². The lowest BCUT2D eigenvalue weighted by atomic mass is 10.1. The highest BCUT2D eigenvalue weighted by atomic mass is 35.5. The Morgan fingerprint density at radius 3 is 2.81 bits per heavy atom. The van der Waals surface area contributed by atoms with Crippen molar-refractivity contribution in [3.05, 3.63) is 28.8 Å². The number of rotatable bonds is 2. The number of benzene rings is 1. The largest absolute Gasteiger partial charge is 0.368 e. The van der Waals surface area contributed by atoms with Crippen LogP contribution in [0.4, 0.5) is 5.69 Å². The quantitative estimate of drug-likeness (QED) is 0.771. The summed E-state index contributed by atoms with van der Waals surface area (Å²) < 4.78 is 0. The number of para-hydroxylation sites is 1. The van der Waals surface area contributed by atoms with Gasteiger partial charge < -0.3 is 11.5 Å². The second-order valence-corrected chi connectivity index (χ2v) is 3.95. The lowest BCUT2D eigenvalue weighted by Crippen LogP contribution is -2.38. The van der Waals surface area contributed by atoms with Gasteiger partial charge in [0.25, 0.3) is 0 Å². The van der Waals surface area contributed by atoms with Gasteiger partial charge in [0.1, 0.15) is 12.6 Å². The summed E-state index contributed by atoms with van der Waals surface area (Å²) in [5, 5.41) is 0.389. The summed E-state index contributed by atoms with van der Waals surface area (Å²) in [6, 6.07) is 4.29. The van der Waals surface area contributed by atoms with E-state index in [1.54, 1.807) is 18.2 Å². The number of carbonyl (C=O) groups is 2. The van der Waals surface area contributed by atoms with Crippen molar-refractivity contribution < 1.29 is 9.59 Å². The van der Waals surface area contributed by atoms with Crippen LogP contribution in [0.3, 0.4) is 0 Å². The highest BCUT2D eigenvalue weighted by molar-refractivity contribution is 6.35. The summed E-state index contributed by atoms with van der Waals surface area (Å²) in [7, 11) is 0. The van der Waals surface area contributed by atoms with Gasteiger partial charge in [0.15, 0.2) is 0 Å². The maximum absolute atomic E-state index is 11.8. The molecule has 0 fully saturated rings. The SMILES string of the molecule is NC(=O)CN1C(=O)C(N)c2cccc(Cl)c21. The van der Waals surface area contributed by atoms with Gasteiger partial charge in [-0.3, -0.25) is 14.5 Å². The molecule has 0 bridgehead atoms. The number of hydrogen-bond acceptors (Lipinski definition) is 3. The maximum Gasteiger partial charge on any atom is 0.249 e. The molecule has 6 heteroatoms. The molecule has 1 aromatic rings. The van der Waals surface area contributed by atoms with Gasteiger partial charge in [-0.2, -0.15) is 0 Å². The summed E-state index contributed by atoms with van der Waals surface area (Å²) in [5.74, 6) is -0.963. The Kier molecular flexibility index (Phi) is 2.57. The van der Waals surface area contributed by atoms with Crippen LogP contribution < -0.4 is 16.4 Å². The molecule has 0 radical (unpaired) electrons. The van der Waals surface area contributed by atoms with Crippen LogP contribution in [0.5, 0.6) is 0 Å². The Morgan fingerprint density at radius 2 is 2.19 bits per heavy atom. The Hall–Kier alpha value is -1.59. The number of nitrogens with two attached hydrogens (primary N) is 2. The van der Waals surface area contributed by atoms with E-state index in [4.69, 9.17) is 23.1 Å². The zero-order chi connectivity index (χ0) is 11.9. The molecule has 5 nitrogen and oxygen atoms in total. The standard InChI is InChI=1S/C10H10ClN3O2/c11-6-3-1-2-5-8(13)10(16)14(9(5)6)4-7(12)15/h1-3,8H,4,13H2,(H2,12,15). The van der Waals surface area contributed by atoms with Crippen molar-refractivity contribution in [2.45, 2.75) is 6.04 Å². The predicted octanol–water partition coefficient (Wildman–Crippen LogP) is 0.172. The van der Waals surface area contributed by atoms with E-state index in [1.165, 1.54) is 4.90 Å². The molecule has 4 N–H and O–H groups in total. The Labute approximate surface area is 97.0 Å². The first-order chi connectivity index (χ1) is 7.52. The summed E-state index contributed by atoms with van der Waals surface area (Å²) >= 11 is 5.98. The van der Waals surface area contributed by atoms with E-state index in [2.05, 4.69) is 0 Å². The number of halogens is 1. The van der Waals surface area contributed by atoms with Gasteiger partial charge in [0.05, 0.1) is 10.7 Å². The molecule has 2 rings (SSSR count). The fourth-order valence-electron chi connectivity index (χ4n) is 1.79. The first-order valence-corrected chi connectivity index (χ1v) is 5.04. The molecule has 1 aliphatic rings. The van der Waals surface area contributed by atoms with Crippen LogP contribution >= 0.6 is 11.6 Å². The molecule has 2 amide bonds. The Morgan fingerprint density at radius 1 is 1.50 bits per heavy atom. The summed E-state index contributed by atoms with van der Waals surface area (Å²) in [4.78, 5) is 23.9. The molecular formula is C10H10ClN3O2. The topological polar surface area (TPSA) is 89.4 Å². The van der Waals surface area contributed by atoms with Gasteiger partial charge in [0, 0.05) is 5.56 Å². The lowest BCUT2D eigenvalue weighted by Gasteiger charge is -2.16. The van der Waals surface area contributed by atoms with Gasteiger partial charge in [-0.05, 0) is 6.07 Å². The monoisotopic (exact) mass is 239 g/mol. The minimum absolute atomic E-state index is 0.205. The van der Waals surface area contributed by atoms with Crippen LogP contribution in [0.2, 0.25) is 5.02 Å². The highest BCUT2D eigenvalue weighted by Crippen LogP contribution is 2.39. The van der Waals surface area contributed by atoms with Crippen molar-refractivity contribution in [3.63, 3.8) is 0 Å². The Bertz CT molecular complexity index is 475. The van der Waals surface area contributed by atoms with Gasteiger partial charge in [-0.15, -0.1) is 0 Å². The zero-order valence-corrected chi connectivity index (χ0v) is 9.07. The van der Waals surface area contributed by atoms with Gasteiger partial charge in [0.2, 0.25) is 11.8 Å². The van der Waals surface area contributed by atoms with E-state index < -0.39 is 11.9 Å². The van der Waals surface area contributed by atoms with E-state index in [0.29, 0.717) is 16.3 Å². The van der Waals surface area contributed by atoms with E-state index in [0.717, 1.165) is 0 Å². The predicted molar refractivity (Wildman–Crippen MR) is 59.9 cm³/mol. The van der Waals surface area contributed by atoms with E-state index in [9.17, 15) is 9.59 Å². The van der Waals surface area contributed by atoms with Crippen molar-refractivity contribution in [2.24, 2.45) is 11.5 Å². The summed E-state index contributed by atoms with van der Waals surface area (Å²) in [6.45, 7) is -0.205.